The van der Waals surface area contributed by atoms with E-state index >= 15 is 0 Å². The summed E-state index contributed by atoms with van der Waals surface area (Å²) in [7, 11) is 0. The van der Waals surface area contributed by atoms with Gasteiger partial charge in [-0.3, -0.25) is 0 Å². The monoisotopic (exact) mass is 265 g/mol. The molecule has 0 aliphatic rings. The van der Waals surface area contributed by atoms with Crippen molar-refractivity contribution in [1.82, 2.24) is 15.0 Å². The first-order valence-electron chi connectivity index (χ1n) is 3.57. The van der Waals surface area contributed by atoms with Crippen LogP contribution in [-0.2, 0) is 6.30 Å². The number of hydrogen-bond donors (Lipinski definition) is 0. The van der Waals surface area contributed by atoms with E-state index in [9.17, 15) is 13.2 Å². The molecular formula is C7H3BrF3N3. The lowest BCUT2D eigenvalue weighted by atomic mass is 10.3. The minimum absolute atomic E-state index is 0.199. The Bertz CT molecular complexity index is 476. The molecule has 0 aliphatic carbocycles. The van der Waals surface area contributed by atoms with E-state index in [1.54, 1.807) is 12.1 Å². The molecule has 0 fully saturated rings. The first kappa shape index (κ1) is 9.45. The normalized spacial score (nSPS) is 12.3. The molecule has 7 heteroatoms. The molecule has 1 aromatic carbocycles. The Morgan fingerprint density at radius 3 is 2.50 bits per heavy atom. The lowest BCUT2D eigenvalue weighted by molar-refractivity contribution is -0.220. The number of fused-ring (bicyclic) bond motifs is 1. The number of benzene rings is 1. The zero-order valence-corrected chi connectivity index (χ0v) is 8.17. The zero-order chi connectivity index (χ0) is 10.3. The summed E-state index contributed by atoms with van der Waals surface area (Å²) in [5.41, 5.74) is 0.404. The van der Waals surface area contributed by atoms with Gasteiger partial charge in [0.05, 0.1) is 0 Å². The van der Waals surface area contributed by atoms with Crippen molar-refractivity contribution in [3.8, 4) is 0 Å². The van der Waals surface area contributed by atoms with Gasteiger partial charge in [0.1, 0.15) is 11.0 Å². The van der Waals surface area contributed by atoms with Crippen LogP contribution in [-0.4, -0.2) is 15.0 Å². The summed E-state index contributed by atoms with van der Waals surface area (Å²) in [5.74, 6) is 0. The first-order chi connectivity index (χ1) is 6.48. The molecule has 0 amide bonds. The summed E-state index contributed by atoms with van der Waals surface area (Å²) >= 11 is 3.09. The van der Waals surface area contributed by atoms with Crippen LogP contribution < -0.4 is 0 Å². The minimum Gasteiger partial charge on any atom is -0.148 e. The van der Waals surface area contributed by atoms with Crippen LogP contribution in [0.5, 0.6) is 0 Å². The van der Waals surface area contributed by atoms with Gasteiger partial charge in [-0.15, -0.1) is 23.4 Å². The molecule has 74 valence electrons. The molecule has 2 rings (SSSR count). The van der Waals surface area contributed by atoms with Gasteiger partial charge >= 0.3 is 6.30 Å². The van der Waals surface area contributed by atoms with Gasteiger partial charge in [-0.05, 0) is 28.1 Å². The van der Waals surface area contributed by atoms with Crippen molar-refractivity contribution in [1.29, 1.82) is 0 Å². The van der Waals surface area contributed by atoms with Crippen LogP contribution in [0.4, 0.5) is 13.2 Å². The summed E-state index contributed by atoms with van der Waals surface area (Å²) < 4.78 is 37.0. The third kappa shape index (κ3) is 1.47. The summed E-state index contributed by atoms with van der Waals surface area (Å²) in [6.07, 6.45) is -4.57. The second kappa shape index (κ2) is 2.94. The molecule has 0 saturated heterocycles. The molecule has 0 unspecified atom stereocenters. The molecule has 0 atom stereocenters. The topological polar surface area (TPSA) is 30.7 Å². The van der Waals surface area contributed by atoms with E-state index in [0.717, 1.165) is 0 Å². The number of nitrogens with zero attached hydrogens (tertiary/aromatic N) is 3. The maximum absolute atomic E-state index is 12.2. The van der Waals surface area contributed by atoms with E-state index in [2.05, 4.69) is 26.1 Å². The van der Waals surface area contributed by atoms with Crippen molar-refractivity contribution in [2.45, 2.75) is 6.30 Å². The summed E-state index contributed by atoms with van der Waals surface area (Å²) in [6, 6.07) is 4.68. The van der Waals surface area contributed by atoms with Crippen LogP contribution in [0.25, 0.3) is 11.0 Å². The second-order valence-electron chi connectivity index (χ2n) is 2.56. The number of hydrogen-bond acceptors (Lipinski definition) is 2. The smallest absolute Gasteiger partial charge is 0.148 e. The van der Waals surface area contributed by atoms with Gasteiger partial charge in [-0.25, -0.2) is 0 Å². The number of halogens is 4. The Kier molecular flexibility index (Phi) is 1.99. The van der Waals surface area contributed by atoms with Crippen molar-refractivity contribution in [3.05, 3.63) is 22.7 Å². The fourth-order valence-corrected chi connectivity index (χ4v) is 1.45. The van der Waals surface area contributed by atoms with Crippen molar-refractivity contribution < 1.29 is 13.2 Å². The Balaban J connectivity index is 2.69. The molecule has 3 nitrogen and oxygen atoms in total. The zero-order valence-electron chi connectivity index (χ0n) is 6.59. The lowest BCUT2D eigenvalue weighted by Crippen LogP contribution is -2.19. The van der Waals surface area contributed by atoms with Gasteiger partial charge in [0.25, 0.3) is 0 Å². The Morgan fingerprint density at radius 1 is 1.21 bits per heavy atom. The van der Waals surface area contributed by atoms with Crippen molar-refractivity contribution in [2.24, 2.45) is 0 Å². The third-order valence-electron chi connectivity index (χ3n) is 1.59. The lowest BCUT2D eigenvalue weighted by Gasteiger charge is -2.01. The molecule has 0 radical (unpaired) electrons. The highest BCUT2D eigenvalue weighted by molar-refractivity contribution is 9.10. The van der Waals surface area contributed by atoms with Gasteiger partial charge < -0.3 is 0 Å². The Labute approximate surface area is 84.6 Å². The van der Waals surface area contributed by atoms with E-state index in [-0.39, 0.29) is 15.8 Å². The van der Waals surface area contributed by atoms with Gasteiger partial charge in [0, 0.05) is 4.47 Å². The maximum atomic E-state index is 12.2. The fraction of sp³-hybridized carbons (Fsp3) is 0.143. The number of alkyl halides is 3. The SMILES string of the molecule is FC(F)(F)n1nc2cccc(Br)c2n1. The molecule has 0 bridgehead atoms. The average Bonchev–Trinajstić information content (AvgIpc) is 2.48. The predicted molar refractivity (Wildman–Crippen MR) is 46.5 cm³/mol. The second-order valence-corrected chi connectivity index (χ2v) is 3.42. The van der Waals surface area contributed by atoms with Crippen LogP contribution in [0.2, 0.25) is 0 Å². The van der Waals surface area contributed by atoms with Crippen molar-refractivity contribution in [3.63, 3.8) is 0 Å². The van der Waals surface area contributed by atoms with Gasteiger partial charge in [-0.2, -0.15) is 0 Å². The van der Waals surface area contributed by atoms with E-state index < -0.39 is 6.30 Å². The standard InChI is InChI=1S/C7H3BrF3N3/c8-4-2-1-3-5-6(4)13-14(12-5)7(9,10)11/h1-3H. The number of aromatic nitrogens is 3. The van der Waals surface area contributed by atoms with Crippen molar-refractivity contribution in [2.75, 3.05) is 0 Å². The quantitative estimate of drug-likeness (QED) is 0.733. The highest BCUT2D eigenvalue weighted by Crippen LogP contribution is 2.25. The highest BCUT2D eigenvalue weighted by atomic mass is 79.9. The van der Waals surface area contributed by atoms with Gasteiger partial charge in [0.2, 0.25) is 0 Å². The Hall–Kier alpha value is -1.11. The van der Waals surface area contributed by atoms with Crippen LogP contribution in [0.1, 0.15) is 0 Å². The first-order valence-corrected chi connectivity index (χ1v) is 4.36. The van der Waals surface area contributed by atoms with Gasteiger partial charge in [-0.1, -0.05) is 10.9 Å². The third-order valence-corrected chi connectivity index (χ3v) is 2.23. The highest BCUT2D eigenvalue weighted by Gasteiger charge is 2.33. The van der Waals surface area contributed by atoms with Crippen LogP contribution in [0.15, 0.2) is 22.7 Å². The summed E-state index contributed by atoms with van der Waals surface area (Å²) in [5, 5.41) is 6.61. The van der Waals surface area contributed by atoms with E-state index in [0.29, 0.717) is 4.47 Å². The maximum Gasteiger partial charge on any atom is 0.521 e. The molecule has 14 heavy (non-hydrogen) atoms. The van der Waals surface area contributed by atoms with E-state index in [1.807, 2.05) is 0 Å². The molecule has 0 spiro atoms. The molecule has 1 heterocycles. The summed E-state index contributed by atoms with van der Waals surface area (Å²) in [4.78, 5) is -0.248. The Morgan fingerprint density at radius 2 is 1.93 bits per heavy atom. The van der Waals surface area contributed by atoms with E-state index in [1.165, 1.54) is 6.07 Å². The molecule has 0 saturated carbocycles. The molecule has 0 N–H and O–H groups in total. The fourth-order valence-electron chi connectivity index (χ4n) is 1.02. The predicted octanol–water partition coefficient (Wildman–Crippen LogP) is 2.67. The summed E-state index contributed by atoms with van der Waals surface area (Å²) in [6.45, 7) is 0. The van der Waals surface area contributed by atoms with Crippen LogP contribution in [0.3, 0.4) is 0 Å². The molecule has 1 aromatic heterocycles. The van der Waals surface area contributed by atoms with Crippen molar-refractivity contribution >= 4 is 27.0 Å². The minimum atomic E-state index is -4.57. The number of rotatable bonds is 0. The molecular weight excluding hydrogens is 263 g/mol. The van der Waals surface area contributed by atoms with Gasteiger partial charge in [0.15, 0.2) is 0 Å². The molecule has 0 aliphatic heterocycles. The largest absolute Gasteiger partial charge is 0.521 e. The van der Waals surface area contributed by atoms with Crippen LogP contribution in [0, 0.1) is 0 Å². The van der Waals surface area contributed by atoms with E-state index in [4.69, 9.17) is 0 Å². The van der Waals surface area contributed by atoms with Crippen LogP contribution >= 0.6 is 15.9 Å². The average molecular weight is 266 g/mol. The molecule has 2 aromatic rings.